The number of aryl methyl sites for hydroxylation is 2. The molecule has 0 bridgehead atoms. The molecule has 2 aromatic heterocycles. The number of aromatic nitrogens is 2. The Morgan fingerprint density at radius 2 is 1.77 bits per heavy atom. The second-order valence-electron chi connectivity index (χ2n) is 11.8. The Kier molecular flexibility index (Phi) is 7.18. The van der Waals surface area contributed by atoms with Gasteiger partial charge in [-0.2, -0.15) is 0 Å². The Morgan fingerprint density at radius 3 is 2.55 bits per heavy atom. The van der Waals surface area contributed by atoms with E-state index in [0.717, 1.165) is 77.4 Å². The Balaban J connectivity index is 1.28. The van der Waals surface area contributed by atoms with Crippen LogP contribution in [0.3, 0.4) is 0 Å². The standard InChI is InChI=1S/C34H34N6O3S/c1-19-21(6-5-8-25(19)37-32(42)33-38-26-7-3-4-9-28(26)44-33)22-12-13-24(31(35)41)30-29(22)23-11-10-20(18-27(23)36-30)34(43)40-16-14-39(2)15-17-40/h5-6,8,10-13,18,36H,3-4,7,9,14-17H2,1-2H3,(H2,35,41)(H,37,42). The summed E-state index contributed by atoms with van der Waals surface area (Å²) in [7, 11) is 2.06. The molecule has 1 fully saturated rings. The summed E-state index contributed by atoms with van der Waals surface area (Å²) in [6.45, 7) is 5.04. The number of thiazole rings is 1. The average Bonchev–Trinajstić information content (AvgIpc) is 3.63. The summed E-state index contributed by atoms with van der Waals surface area (Å²) < 4.78 is 0. The van der Waals surface area contributed by atoms with Crippen LogP contribution >= 0.6 is 11.3 Å². The predicted octanol–water partition coefficient (Wildman–Crippen LogP) is 5.37. The number of H-pyrrole nitrogens is 1. The second-order valence-corrected chi connectivity index (χ2v) is 12.9. The Bertz CT molecular complexity index is 1940. The van der Waals surface area contributed by atoms with Gasteiger partial charge >= 0.3 is 0 Å². The van der Waals surface area contributed by atoms with Crippen molar-refractivity contribution in [2.75, 3.05) is 38.5 Å². The molecule has 3 amide bonds. The third kappa shape index (κ3) is 4.93. The molecule has 1 saturated heterocycles. The molecular formula is C34H34N6O3S. The van der Waals surface area contributed by atoms with E-state index in [1.54, 1.807) is 6.07 Å². The van der Waals surface area contributed by atoms with Gasteiger partial charge in [-0.1, -0.05) is 24.3 Å². The number of fused-ring (bicyclic) bond motifs is 4. The molecule has 0 unspecified atom stereocenters. The number of hydrogen-bond acceptors (Lipinski definition) is 6. The van der Waals surface area contributed by atoms with Gasteiger partial charge in [0, 0.05) is 58.6 Å². The third-order valence-corrected chi connectivity index (χ3v) is 10.1. The Hall–Kier alpha value is -4.54. The smallest absolute Gasteiger partial charge is 0.284 e. The number of primary amides is 1. The quantitative estimate of drug-likeness (QED) is 0.248. The highest BCUT2D eigenvalue weighted by atomic mass is 32.1. The monoisotopic (exact) mass is 606 g/mol. The normalized spacial score (nSPS) is 15.5. The molecule has 4 N–H and O–H groups in total. The topological polar surface area (TPSA) is 124 Å². The zero-order chi connectivity index (χ0) is 30.5. The molecule has 10 heteroatoms. The highest BCUT2D eigenvalue weighted by Crippen LogP contribution is 2.39. The second kappa shape index (κ2) is 11.2. The number of nitrogens with zero attached hydrogens (tertiary/aromatic N) is 3. The van der Waals surface area contributed by atoms with Crippen molar-refractivity contribution in [2.45, 2.75) is 32.6 Å². The van der Waals surface area contributed by atoms with Crippen molar-refractivity contribution in [3.05, 3.63) is 80.8 Å². The first kappa shape index (κ1) is 28.2. The number of nitrogens with one attached hydrogen (secondary N) is 2. The average molecular weight is 607 g/mol. The van der Waals surface area contributed by atoms with Crippen molar-refractivity contribution < 1.29 is 14.4 Å². The lowest BCUT2D eigenvalue weighted by molar-refractivity contribution is 0.0664. The largest absolute Gasteiger partial charge is 0.366 e. The van der Waals surface area contributed by atoms with E-state index < -0.39 is 5.91 Å². The van der Waals surface area contributed by atoms with Gasteiger partial charge in [0.2, 0.25) is 0 Å². The number of carbonyl (C=O) groups is 3. The number of rotatable bonds is 5. The SMILES string of the molecule is Cc1c(NC(=O)c2nc3c(s2)CCCC3)cccc1-c1ccc(C(N)=O)c2[nH]c3cc(C(=O)N4CCN(C)CC4)ccc3c12. The molecule has 3 heterocycles. The summed E-state index contributed by atoms with van der Waals surface area (Å²) >= 11 is 1.49. The Morgan fingerprint density at radius 1 is 0.977 bits per heavy atom. The van der Waals surface area contributed by atoms with Crippen molar-refractivity contribution in [1.29, 1.82) is 0 Å². The maximum Gasteiger partial charge on any atom is 0.284 e. The van der Waals surface area contributed by atoms with E-state index in [1.807, 2.05) is 54.3 Å². The fraction of sp³-hybridized carbons (Fsp3) is 0.294. The van der Waals surface area contributed by atoms with Gasteiger partial charge in [0.1, 0.15) is 0 Å². The minimum atomic E-state index is -0.536. The number of nitrogens with two attached hydrogens (primary N) is 1. The molecule has 0 saturated carbocycles. The summed E-state index contributed by atoms with van der Waals surface area (Å²) in [5, 5.41) is 5.31. The molecule has 1 aliphatic heterocycles. The molecule has 9 nitrogen and oxygen atoms in total. The van der Waals surface area contributed by atoms with Gasteiger partial charge in [-0.3, -0.25) is 14.4 Å². The molecule has 3 aromatic carbocycles. The maximum absolute atomic E-state index is 13.3. The maximum atomic E-state index is 13.3. The van der Waals surface area contributed by atoms with Gasteiger partial charge in [-0.15, -0.1) is 11.3 Å². The minimum Gasteiger partial charge on any atom is -0.366 e. The van der Waals surface area contributed by atoms with Gasteiger partial charge in [-0.05, 0) is 80.6 Å². The van der Waals surface area contributed by atoms with Crippen molar-refractivity contribution in [1.82, 2.24) is 19.8 Å². The van der Waals surface area contributed by atoms with E-state index in [0.29, 0.717) is 40.4 Å². The minimum absolute atomic E-state index is 0.00521. The molecular weight excluding hydrogens is 572 g/mol. The van der Waals surface area contributed by atoms with Crippen LogP contribution in [0.15, 0.2) is 48.5 Å². The third-order valence-electron chi connectivity index (χ3n) is 8.97. The van der Waals surface area contributed by atoms with Gasteiger partial charge in [0.25, 0.3) is 17.7 Å². The van der Waals surface area contributed by atoms with E-state index in [9.17, 15) is 14.4 Å². The number of anilines is 1. The van der Waals surface area contributed by atoms with Gasteiger partial charge in [0.05, 0.1) is 16.8 Å². The summed E-state index contributed by atoms with van der Waals surface area (Å²) in [5.41, 5.74) is 12.6. The summed E-state index contributed by atoms with van der Waals surface area (Å²) in [4.78, 5) is 52.4. The number of benzene rings is 3. The van der Waals surface area contributed by atoms with Crippen LogP contribution in [-0.2, 0) is 12.8 Å². The fourth-order valence-corrected chi connectivity index (χ4v) is 7.50. The number of amides is 3. The molecule has 224 valence electrons. The lowest BCUT2D eigenvalue weighted by atomic mass is 9.93. The van der Waals surface area contributed by atoms with E-state index in [-0.39, 0.29) is 11.8 Å². The number of piperazine rings is 1. The molecule has 44 heavy (non-hydrogen) atoms. The number of likely N-dealkylation sites (N-methyl/N-ethyl adjacent to an activating group) is 1. The zero-order valence-corrected chi connectivity index (χ0v) is 25.6. The first-order chi connectivity index (χ1) is 21.3. The molecule has 0 atom stereocenters. The van der Waals surface area contributed by atoms with E-state index in [4.69, 9.17) is 5.73 Å². The highest BCUT2D eigenvalue weighted by Gasteiger charge is 2.24. The molecule has 5 aromatic rings. The van der Waals surface area contributed by atoms with Crippen LogP contribution in [0, 0.1) is 6.92 Å². The first-order valence-electron chi connectivity index (χ1n) is 15.0. The first-order valence-corrected chi connectivity index (χ1v) is 15.9. The number of aromatic amines is 1. The van der Waals surface area contributed by atoms with Crippen LogP contribution in [0.2, 0.25) is 0 Å². The molecule has 7 rings (SSSR count). The van der Waals surface area contributed by atoms with E-state index in [1.165, 1.54) is 16.2 Å². The van der Waals surface area contributed by atoms with Crippen LogP contribution in [0.1, 0.15) is 59.5 Å². The zero-order valence-electron chi connectivity index (χ0n) is 24.8. The van der Waals surface area contributed by atoms with Crippen molar-refractivity contribution >= 4 is 56.6 Å². The van der Waals surface area contributed by atoms with Gasteiger partial charge in [-0.25, -0.2) is 4.98 Å². The van der Waals surface area contributed by atoms with Gasteiger partial charge in [0.15, 0.2) is 5.01 Å². The van der Waals surface area contributed by atoms with Crippen LogP contribution in [0.4, 0.5) is 5.69 Å². The van der Waals surface area contributed by atoms with Crippen molar-refractivity contribution in [3.63, 3.8) is 0 Å². The van der Waals surface area contributed by atoms with Gasteiger partial charge < -0.3 is 25.8 Å². The van der Waals surface area contributed by atoms with Crippen LogP contribution in [0.5, 0.6) is 0 Å². The summed E-state index contributed by atoms with van der Waals surface area (Å²) in [6, 6.07) is 15.1. The lowest BCUT2D eigenvalue weighted by Crippen LogP contribution is -2.47. The number of carbonyl (C=O) groups excluding carboxylic acids is 3. The predicted molar refractivity (Wildman–Crippen MR) is 175 cm³/mol. The molecule has 0 spiro atoms. The number of hydrogen-bond donors (Lipinski definition) is 3. The van der Waals surface area contributed by atoms with E-state index in [2.05, 4.69) is 27.2 Å². The summed E-state index contributed by atoms with van der Waals surface area (Å²) in [6.07, 6.45) is 4.18. The Labute approximate surface area is 259 Å². The van der Waals surface area contributed by atoms with Crippen LogP contribution in [-0.4, -0.2) is 70.7 Å². The molecule has 0 radical (unpaired) electrons. The van der Waals surface area contributed by atoms with E-state index >= 15 is 0 Å². The molecule has 2 aliphatic rings. The fourth-order valence-electron chi connectivity index (χ4n) is 6.46. The molecule has 1 aliphatic carbocycles. The van der Waals surface area contributed by atoms with Crippen LogP contribution in [0.25, 0.3) is 32.9 Å². The highest BCUT2D eigenvalue weighted by molar-refractivity contribution is 7.13. The van der Waals surface area contributed by atoms with Crippen LogP contribution < -0.4 is 11.1 Å². The lowest BCUT2D eigenvalue weighted by Gasteiger charge is -2.32. The van der Waals surface area contributed by atoms with Crippen molar-refractivity contribution in [2.24, 2.45) is 5.73 Å². The summed E-state index contributed by atoms with van der Waals surface area (Å²) in [5.74, 6) is -0.747. The van der Waals surface area contributed by atoms with Crippen molar-refractivity contribution in [3.8, 4) is 11.1 Å².